The Morgan fingerprint density at radius 2 is 2.00 bits per heavy atom. The number of nitrogens with one attached hydrogen (secondary N) is 1. The van der Waals surface area contributed by atoms with Crippen molar-refractivity contribution < 1.29 is 22.8 Å². The van der Waals surface area contributed by atoms with Crippen molar-refractivity contribution in [1.29, 1.82) is 0 Å². The topological polar surface area (TPSA) is 110 Å². The van der Waals surface area contributed by atoms with Gasteiger partial charge in [-0.3, -0.25) is 14.8 Å². The van der Waals surface area contributed by atoms with Gasteiger partial charge in [-0.25, -0.2) is 8.42 Å². The van der Waals surface area contributed by atoms with E-state index >= 15 is 0 Å². The van der Waals surface area contributed by atoms with Crippen LogP contribution in [0.25, 0.3) is 0 Å². The van der Waals surface area contributed by atoms with Crippen LogP contribution in [0.3, 0.4) is 0 Å². The maximum atomic E-state index is 13.2. The molecule has 1 aromatic rings. The van der Waals surface area contributed by atoms with Crippen molar-refractivity contribution in [3.05, 3.63) is 34.1 Å². The second-order valence-electron chi connectivity index (χ2n) is 4.96. The predicted molar refractivity (Wildman–Crippen MR) is 73.9 cm³/mol. The van der Waals surface area contributed by atoms with E-state index in [4.69, 9.17) is 0 Å². The maximum Gasteiger partial charge on any atom is 0.306 e. The molecule has 2 rings (SSSR count). The van der Waals surface area contributed by atoms with Gasteiger partial charge in [-0.1, -0.05) is 12.8 Å². The number of hydrogen-bond donors (Lipinski definition) is 2. The molecule has 116 valence electrons. The van der Waals surface area contributed by atoms with Crippen molar-refractivity contribution in [3.8, 4) is 0 Å². The smallest absolute Gasteiger partial charge is 0.306 e. The van der Waals surface area contributed by atoms with Crippen LogP contribution in [0.15, 0.2) is 18.2 Å². The first-order valence-corrected chi connectivity index (χ1v) is 7.99. The average molecular weight is 318 g/mol. The molecule has 0 aromatic heterocycles. The summed E-state index contributed by atoms with van der Waals surface area (Å²) in [5, 5.41) is 19.5. The molecular weight excluding hydrogens is 303 g/mol. The standard InChI is InChI=1S/C12H15FN2O5S/c13-9-6-5-8(7-10(9)15(17)18)14-21(19,20)12-4-2-1-3-11(12)16/h5-7,11-12,14,16H,1-4H2. The van der Waals surface area contributed by atoms with E-state index in [2.05, 4.69) is 4.72 Å². The molecule has 1 aliphatic rings. The molecule has 1 aromatic carbocycles. The van der Waals surface area contributed by atoms with Crippen molar-refractivity contribution in [3.63, 3.8) is 0 Å². The number of hydrogen-bond acceptors (Lipinski definition) is 5. The van der Waals surface area contributed by atoms with E-state index in [1.165, 1.54) is 0 Å². The fourth-order valence-electron chi connectivity index (χ4n) is 2.40. The number of halogens is 1. The summed E-state index contributed by atoms with van der Waals surface area (Å²) in [5.74, 6) is -1.04. The third-order valence-corrected chi connectivity index (χ3v) is 5.34. The average Bonchev–Trinajstić information content (AvgIpc) is 2.40. The van der Waals surface area contributed by atoms with E-state index < -0.39 is 37.8 Å². The highest BCUT2D eigenvalue weighted by Gasteiger charge is 2.34. The Morgan fingerprint density at radius 1 is 1.33 bits per heavy atom. The van der Waals surface area contributed by atoms with Crippen LogP contribution in [0.2, 0.25) is 0 Å². The number of rotatable bonds is 4. The Morgan fingerprint density at radius 3 is 2.62 bits per heavy atom. The molecule has 2 unspecified atom stereocenters. The van der Waals surface area contributed by atoms with Gasteiger partial charge >= 0.3 is 5.69 Å². The summed E-state index contributed by atoms with van der Waals surface area (Å²) in [6, 6.07) is 2.75. The number of nitro benzene ring substituents is 1. The predicted octanol–water partition coefficient (Wildman–Crippen LogP) is 1.78. The van der Waals surface area contributed by atoms with E-state index in [9.17, 15) is 28.0 Å². The van der Waals surface area contributed by atoms with Crippen LogP contribution in [0, 0.1) is 15.9 Å². The summed E-state index contributed by atoms with van der Waals surface area (Å²) < 4.78 is 39.8. The molecular formula is C12H15FN2O5S. The first-order valence-electron chi connectivity index (χ1n) is 6.45. The number of aliphatic hydroxyl groups is 1. The number of nitro groups is 1. The van der Waals surface area contributed by atoms with Crippen LogP contribution in [-0.2, 0) is 10.0 Å². The number of benzene rings is 1. The van der Waals surface area contributed by atoms with Gasteiger partial charge in [0.2, 0.25) is 15.8 Å². The van der Waals surface area contributed by atoms with Gasteiger partial charge < -0.3 is 5.11 Å². The van der Waals surface area contributed by atoms with E-state index in [1.54, 1.807) is 0 Å². The van der Waals surface area contributed by atoms with Crippen LogP contribution in [-0.4, -0.2) is 29.8 Å². The minimum Gasteiger partial charge on any atom is -0.392 e. The minimum atomic E-state index is -3.89. The quantitative estimate of drug-likeness (QED) is 0.649. The second kappa shape index (κ2) is 5.94. The van der Waals surface area contributed by atoms with E-state index in [0.717, 1.165) is 24.6 Å². The van der Waals surface area contributed by atoms with Crippen LogP contribution >= 0.6 is 0 Å². The molecule has 0 bridgehead atoms. The van der Waals surface area contributed by atoms with Gasteiger partial charge in [0.05, 0.1) is 16.7 Å². The number of aliphatic hydroxyl groups excluding tert-OH is 1. The molecule has 2 N–H and O–H groups in total. The summed E-state index contributed by atoms with van der Waals surface area (Å²) in [4.78, 5) is 9.71. The lowest BCUT2D eigenvalue weighted by atomic mass is 9.97. The lowest BCUT2D eigenvalue weighted by Gasteiger charge is -2.27. The largest absolute Gasteiger partial charge is 0.392 e. The third-order valence-electron chi connectivity index (χ3n) is 3.47. The maximum absolute atomic E-state index is 13.2. The molecule has 0 radical (unpaired) electrons. The van der Waals surface area contributed by atoms with Crippen LogP contribution < -0.4 is 4.72 Å². The van der Waals surface area contributed by atoms with Gasteiger partial charge in [-0.05, 0) is 25.0 Å². The molecule has 1 aliphatic carbocycles. The van der Waals surface area contributed by atoms with Gasteiger partial charge in [0.1, 0.15) is 5.25 Å². The van der Waals surface area contributed by atoms with Crippen LogP contribution in [0.4, 0.5) is 15.8 Å². The summed E-state index contributed by atoms with van der Waals surface area (Å²) in [5.41, 5.74) is -0.903. The van der Waals surface area contributed by atoms with Gasteiger partial charge in [0.15, 0.2) is 0 Å². The Labute approximate surface area is 121 Å². The van der Waals surface area contributed by atoms with Crippen molar-refractivity contribution in [2.24, 2.45) is 0 Å². The van der Waals surface area contributed by atoms with E-state index in [0.29, 0.717) is 19.3 Å². The van der Waals surface area contributed by atoms with E-state index in [1.807, 2.05) is 0 Å². The SMILES string of the molecule is O=[N+]([O-])c1cc(NS(=O)(=O)C2CCCCC2O)ccc1F. The normalized spacial score (nSPS) is 22.8. The third kappa shape index (κ3) is 3.48. The fourth-order valence-corrected chi connectivity index (χ4v) is 4.03. The molecule has 1 fully saturated rings. The highest BCUT2D eigenvalue weighted by atomic mass is 32.2. The van der Waals surface area contributed by atoms with Crippen molar-refractivity contribution in [2.45, 2.75) is 37.0 Å². The molecule has 0 heterocycles. The summed E-state index contributed by atoms with van der Waals surface area (Å²) in [6.45, 7) is 0. The molecule has 7 nitrogen and oxygen atoms in total. The Hall–Kier alpha value is -1.74. The number of sulfonamides is 1. The fraction of sp³-hybridized carbons (Fsp3) is 0.500. The highest BCUT2D eigenvalue weighted by molar-refractivity contribution is 7.93. The van der Waals surface area contributed by atoms with Crippen molar-refractivity contribution in [1.82, 2.24) is 0 Å². The molecule has 0 amide bonds. The Kier molecular flexibility index (Phi) is 4.43. The number of anilines is 1. The zero-order valence-corrected chi connectivity index (χ0v) is 11.8. The van der Waals surface area contributed by atoms with Gasteiger partial charge in [0.25, 0.3) is 0 Å². The van der Waals surface area contributed by atoms with Gasteiger partial charge in [-0.15, -0.1) is 0 Å². The van der Waals surface area contributed by atoms with Crippen LogP contribution in [0.5, 0.6) is 0 Å². The molecule has 9 heteroatoms. The molecule has 0 aliphatic heterocycles. The Balaban J connectivity index is 2.24. The first-order chi connectivity index (χ1) is 9.81. The molecule has 2 atom stereocenters. The zero-order valence-electron chi connectivity index (χ0n) is 11.0. The monoisotopic (exact) mass is 318 g/mol. The lowest BCUT2D eigenvalue weighted by molar-refractivity contribution is -0.387. The molecule has 0 spiro atoms. The number of nitrogens with zero attached hydrogens (tertiary/aromatic N) is 1. The van der Waals surface area contributed by atoms with Gasteiger partial charge in [-0.2, -0.15) is 4.39 Å². The Bertz CT molecular complexity index is 649. The lowest BCUT2D eigenvalue weighted by Crippen LogP contribution is -2.40. The molecule has 21 heavy (non-hydrogen) atoms. The molecule has 1 saturated carbocycles. The second-order valence-corrected chi connectivity index (χ2v) is 6.86. The summed E-state index contributed by atoms with van der Waals surface area (Å²) >= 11 is 0. The molecule has 0 saturated heterocycles. The minimum absolute atomic E-state index is 0.0964. The van der Waals surface area contributed by atoms with Gasteiger partial charge in [0, 0.05) is 6.07 Å². The van der Waals surface area contributed by atoms with Crippen LogP contribution in [0.1, 0.15) is 25.7 Å². The summed E-state index contributed by atoms with van der Waals surface area (Å²) in [6.07, 6.45) is 1.20. The highest BCUT2D eigenvalue weighted by Crippen LogP contribution is 2.27. The van der Waals surface area contributed by atoms with Crippen molar-refractivity contribution in [2.75, 3.05) is 4.72 Å². The summed E-state index contributed by atoms with van der Waals surface area (Å²) in [7, 11) is -3.89. The van der Waals surface area contributed by atoms with Crippen molar-refractivity contribution >= 4 is 21.4 Å². The zero-order chi connectivity index (χ0) is 15.6. The first kappa shape index (κ1) is 15.6. The van der Waals surface area contributed by atoms with E-state index in [-0.39, 0.29) is 5.69 Å².